The number of thiazole rings is 1. The van der Waals surface area contributed by atoms with Gasteiger partial charge in [0.1, 0.15) is 11.5 Å². The lowest BCUT2D eigenvalue weighted by Crippen LogP contribution is -2.44. The zero-order valence-electron chi connectivity index (χ0n) is 21.6. The summed E-state index contributed by atoms with van der Waals surface area (Å²) in [6, 6.07) is 15.7. The number of nitrogens with one attached hydrogen (secondary N) is 1. The summed E-state index contributed by atoms with van der Waals surface area (Å²) in [5, 5.41) is 3.45. The van der Waals surface area contributed by atoms with Crippen molar-refractivity contribution in [2.45, 2.75) is 12.0 Å². The summed E-state index contributed by atoms with van der Waals surface area (Å²) < 4.78 is 22.5. The fraction of sp³-hybridized carbons (Fsp3) is 0.250. The molecule has 4 aromatic rings. The Balaban J connectivity index is 1.62. The van der Waals surface area contributed by atoms with Gasteiger partial charge in [0.2, 0.25) is 5.91 Å². The second-order valence-corrected chi connectivity index (χ2v) is 9.78. The first-order chi connectivity index (χ1) is 18.4. The van der Waals surface area contributed by atoms with Gasteiger partial charge in [-0.2, -0.15) is 0 Å². The van der Waals surface area contributed by atoms with Gasteiger partial charge in [0.15, 0.2) is 16.6 Å². The van der Waals surface area contributed by atoms with Crippen LogP contribution >= 0.6 is 11.3 Å². The molecule has 38 heavy (non-hydrogen) atoms. The highest BCUT2D eigenvalue weighted by Crippen LogP contribution is 2.46. The SMILES string of the molecule is COc1ccc([C@@H]2[C@H](C(=O)Nc3nc4ccc(OC)cc4s3)c3cc(OC)c(OC)cc3C(=O)N2C)cc1. The van der Waals surface area contributed by atoms with E-state index in [0.717, 1.165) is 15.8 Å². The van der Waals surface area contributed by atoms with E-state index >= 15 is 0 Å². The van der Waals surface area contributed by atoms with Crippen LogP contribution in [0.3, 0.4) is 0 Å². The van der Waals surface area contributed by atoms with Crippen LogP contribution in [-0.2, 0) is 4.79 Å². The molecule has 2 atom stereocenters. The first kappa shape index (κ1) is 25.3. The monoisotopic (exact) mass is 533 g/mol. The maximum Gasteiger partial charge on any atom is 0.254 e. The second-order valence-electron chi connectivity index (χ2n) is 8.75. The highest BCUT2D eigenvalue weighted by atomic mass is 32.1. The van der Waals surface area contributed by atoms with Gasteiger partial charge in [-0.1, -0.05) is 23.5 Å². The molecular formula is C28H27N3O6S. The second kappa shape index (κ2) is 10.2. The van der Waals surface area contributed by atoms with E-state index in [1.54, 1.807) is 38.3 Å². The third-order valence-corrected chi connectivity index (χ3v) is 7.67. The van der Waals surface area contributed by atoms with E-state index in [4.69, 9.17) is 18.9 Å². The van der Waals surface area contributed by atoms with Crippen LogP contribution in [-0.4, -0.2) is 57.2 Å². The predicted molar refractivity (Wildman–Crippen MR) is 145 cm³/mol. The summed E-state index contributed by atoms with van der Waals surface area (Å²) in [6.07, 6.45) is 0. The molecular weight excluding hydrogens is 506 g/mol. The van der Waals surface area contributed by atoms with E-state index in [9.17, 15) is 9.59 Å². The number of fused-ring (bicyclic) bond motifs is 2. The average Bonchev–Trinajstić information content (AvgIpc) is 3.35. The molecule has 3 aromatic carbocycles. The van der Waals surface area contributed by atoms with E-state index < -0.39 is 12.0 Å². The lowest BCUT2D eigenvalue weighted by Gasteiger charge is -2.40. The zero-order valence-corrected chi connectivity index (χ0v) is 22.4. The highest BCUT2D eigenvalue weighted by Gasteiger charge is 2.44. The topological polar surface area (TPSA) is 99.2 Å². The summed E-state index contributed by atoms with van der Waals surface area (Å²) in [5.41, 5.74) is 2.47. The Labute approximate surface area is 223 Å². The number of ether oxygens (including phenoxy) is 4. The number of methoxy groups -OCH3 is 4. The zero-order chi connectivity index (χ0) is 27.0. The fourth-order valence-electron chi connectivity index (χ4n) is 4.82. The largest absolute Gasteiger partial charge is 0.497 e. The third kappa shape index (κ3) is 4.37. The number of anilines is 1. The molecule has 1 aliphatic heterocycles. The van der Waals surface area contributed by atoms with Crippen molar-refractivity contribution in [1.29, 1.82) is 0 Å². The fourth-order valence-corrected chi connectivity index (χ4v) is 5.71. The first-order valence-electron chi connectivity index (χ1n) is 11.8. The number of benzene rings is 3. The van der Waals surface area contributed by atoms with Gasteiger partial charge in [-0.25, -0.2) is 4.98 Å². The van der Waals surface area contributed by atoms with Gasteiger partial charge in [-0.3, -0.25) is 9.59 Å². The number of hydrogen-bond donors (Lipinski definition) is 1. The number of aromatic nitrogens is 1. The van der Waals surface area contributed by atoms with Crippen molar-refractivity contribution in [3.63, 3.8) is 0 Å². The molecule has 9 nitrogen and oxygen atoms in total. The maximum atomic E-state index is 14.0. The molecule has 10 heteroatoms. The van der Waals surface area contributed by atoms with E-state index in [0.29, 0.717) is 39.3 Å². The summed E-state index contributed by atoms with van der Waals surface area (Å²) in [4.78, 5) is 33.8. The molecule has 0 aliphatic carbocycles. The van der Waals surface area contributed by atoms with Crippen LogP contribution in [0.2, 0.25) is 0 Å². The van der Waals surface area contributed by atoms with Gasteiger partial charge in [-0.15, -0.1) is 0 Å². The smallest absolute Gasteiger partial charge is 0.254 e. The maximum absolute atomic E-state index is 14.0. The number of carbonyl (C=O) groups excluding carboxylic acids is 2. The molecule has 0 spiro atoms. The lowest BCUT2D eigenvalue weighted by molar-refractivity contribution is -0.119. The minimum Gasteiger partial charge on any atom is -0.497 e. The van der Waals surface area contributed by atoms with Gasteiger partial charge < -0.3 is 29.2 Å². The minimum absolute atomic E-state index is 0.224. The predicted octanol–water partition coefficient (Wildman–Crippen LogP) is 4.88. The normalized spacial score (nSPS) is 16.7. The van der Waals surface area contributed by atoms with Crippen molar-refractivity contribution in [3.8, 4) is 23.0 Å². The minimum atomic E-state index is -0.762. The molecule has 1 aromatic heterocycles. The number of amides is 2. The van der Waals surface area contributed by atoms with Crippen molar-refractivity contribution >= 4 is 38.5 Å². The number of likely N-dealkylation sites (N-methyl/N-ethyl adjacent to an activating group) is 1. The standard InChI is InChI=1S/C28H27N3O6S/c1-31-25(15-6-8-16(34-2)9-7-15)24(18-13-21(36-4)22(37-5)14-19(18)27(31)33)26(32)30-28-29-20-11-10-17(35-3)12-23(20)38-28/h6-14,24-25H,1-5H3,(H,29,30,32)/t24-,25-/m1/s1. The van der Waals surface area contributed by atoms with Crippen LogP contribution in [0.1, 0.15) is 33.4 Å². The molecule has 0 radical (unpaired) electrons. The number of rotatable bonds is 7. The van der Waals surface area contributed by atoms with Gasteiger partial charge in [0, 0.05) is 12.6 Å². The first-order valence-corrected chi connectivity index (χ1v) is 12.6. The summed E-state index contributed by atoms with van der Waals surface area (Å²) >= 11 is 1.35. The molecule has 0 fully saturated rings. The molecule has 0 saturated carbocycles. The van der Waals surface area contributed by atoms with Crippen LogP contribution in [0.15, 0.2) is 54.6 Å². The van der Waals surface area contributed by atoms with E-state index in [1.165, 1.54) is 25.6 Å². The van der Waals surface area contributed by atoms with Crippen LogP contribution < -0.4 is 24.3 Å². The van der Waals surface area contributed by atoms with Crippen LogP contribution in [0.4, 0.5) is 5.13 Å². The Morgan fingerprint density at radius 3 is 2.21 bits per heavy atom. The summed E-state index contributed by atoms with van der Waals surface area (Å²) in [6.45, 7) is 0. The van der Waals surface area contributed by atoms with E-state index in [2.05, 4.69) is 10.3 Å². The molecule has 2 amide bonds. The lowest BCUT2D eigenvalue weighted by atomic mass is 9.79. The molecule has 5 rings (SSSR count). The van der Waals surface area contributed by atoms with Crippen LogP contribution in [0.25, 0.3) is 10.2 Å². The quantitative estimate of drug-likeness (QED) is 0.362. The van der Waals surface area contributed by atoms with E-state index in [1.807, 2.05) is 42.5 Å². The average molecular weight is 534 g/mol. The molecule has 0 unspecified atom stereocenters. The number of hydrogen-bond acceptors (Lipinski definition) is 8. The molecule has 1 aliphatic rings. The summed E-state index contributed by atoms with van der Waals surface area (Å²) in [7, 11) is 7.91. The Kier molecular flexibility index (Phi) is 6.81. The Morgan fingerprint density at radius 1 is 0.895 bits per heavy atom. The molecule has 196 valence electrons. The van der Waals surface area contributed by atoms with Gasteiger partial charge >= 0.3 is 0 Å². The molecule has 0 bridgehead atoms. The van der Waals surface area contributed by atoms with Crippen molar-refractivity contribution in [1.82, 2.24) is 9.88 Å². The van der Waals surface area contributed by atoms with Gasteiger partial charge in [-0.05, 0) is 53.6 Å². The van der Waals surface area contributed by atoms with Crippen LogP contribution in [0, 0.1) is 0 Å². The Morgan fingerprint density at radius 2 is 1.55 bits per heavy atom. The molecule has 0 saturated heterocycles. The molecule has 1 N–H and O–H groups in total. The van der Waals surface area contributed by atoms with Crippen molar-refractivity contribution in [2.75, 3.05) is 40.8 Å². The van der Waals surface area contributed by atoms with Crippen molar-refractivity contribution in [3.05, 3.63) is 71.3 Å². The van der Waals surface area contributed by atoms with Crippen molar-refractivity contribution < 1.29 is 28.5 Å². The molecule has 2 heterocycles. The summed E-state index contributed by atoms with van der Waals surface area (Å²) in [5.74, 6) is 0.944. The Hall–Kier alpha value is -4.31. The van der Waals surface area contributed by atoms with E-state index in [-0.39, 0.29) is 11.8 Å². The van der Waals surface area contributed by atoms with Gasteiger partial charge in [0.25, 0.3) is 5.91 Å². The third-order valence-electron chi connectivity index (χ3n) is 6.74. The Bertz CT molecular complexity index is 1520. The highest BCUT2D eigenvalue weighted by molar-refractivity contribution is 7.22. The van der Waals surface area contributed by atoms with Crippen molar-refractivity contribution in [2.24, 2.45) is 0 Å². The van der Waals surface area contributed by atoms with Gasteiger partial charge in [0.05, 0.1) is 50.6 Å². The number of nitrogens with zero attached hydrogens (tertiary/aromatic N) is 2. The number of carbonyl (C=O) groups is 2. The van der Waals surface area contributed by atoms with Crippen LogP contribution in [0.5, 0.6) is 23.0 Å².